The molecule has 0 bridgehead atoms. The van der Waals surface area contributed by atoms with E-state index in [1.165, 1.54) is 52.7 Å². The number of anilines is 1. The summed E-state index contributed by atoms with van der Waals surface area (Å²) in [4.78, 5) is 12.8. The van der Waals surface area contributed by atoms with E-state index in [9.17, 15) is 13.2 Å². The van der Waals surface area contributed by atoms with Gasteiger partial charge in [0.1, 0.15) is 18.0 Å². The predicted octanol–water partition coefficient (Wildman–Crippen LogP) is 3.35. The summed E-state index contributed by atoms with van der Waals surface area (Å²) in [5.41, 5.74) is 3.55. The van der Waals surface area contributed by atoms with Crippen LogP contribution in [0.3, 0.4) is 0 Å². The Morgan fingerprint density at radius 1 is 0.886 bits per heavy atom. The Kier molecular flexibility index (Phi) is 8.80. The number of carbonyl (C=O) groups is 1. The molecule has 2 aromatic carbocycles. The zero-order valence-electron chi connectivity index (χ0n) is 20.4. The van der Waals surface area contributed by atoms with Gasteiger partial charge in [-0.05, 0) is 49.9 Å². The zero-order chi connectivity index (χ0) is 25.4. The Bertz CT molecular complexity index is 1170. The van der Waals surface area contributed by atoms with Crippen molar-refractivity contribution in [3.05, 3.63) is 36.4 Å². The molecule has 0 atom stereocenters. The van der Waals surface area contributed by atoms with E-state index < -0.39 is 22.5 Å². The first-order valence-corrected chi connectivity index (χ1v) is 12.6. The lowest BCUT2D eigenvalue weighted by molar-refractivity contribution is -0.119. The van der Waals surface area contributed by atoms with E-state index in [4.69, 9.17) is 18.9 Å². The maximum absolute atomic E-state index is 13.8. The predicted molar refractivity (Wildman–Crippen MR) is 132 cm³/mol. The van der Waals surface area contributed by atoms with Crippen molar-refractivity contribution in [2.75, 3.05) is 39.3 Å². The topological polar surface area (TPSA) is 116 Å². The Labute approximate surface area is 205 Å². The van der Waals surface area contributed by atoms with Crippen LogP contribution in [0.1, 0.15) is 32.1 Å². The summed E-state index contributed by atoms with van der Waals surface area (Å²) in [7, 11) is 1.50. The lowest BCUT2D eigenvalue weighted by Crippen LogP contribution is -2.40. The molecule has 0 saturated heterocycles. The van der Waals surface area contributed by atoms with Gasteiger partial charge in [-0.1, -0.05) is 6.42 Å². The second-order valence-corrected chi connectivity index (χ2v) is 9.70. The van der Waals surface area contributed by atoms with E-state index in [2.05, 4.69) is 10.5 Å². The van der Waals surface area contributed by atoms with Crippen molar-refractivity contribution < 1.29 is 32.2 Å². The molecule has 2 aromatic rings. The lowest BCUT2D eigenvalue weighted by Gasteiger charge is -2.26. The molecule has 10 nitrogen and oxygen atoms in total. The minimum absolute atomic E-state index is 0.0913. The van der Waals surface area contributed by atoms with Crippen LogP contribution in [0.25, 0.3) is 0 Å². The van der Waals surface area contributed by atoms with Gasteiger partial charge in [0.15, 0.2) is 11.5 Å². The second kappa shape index (κ2) is 11.8. The second-order valence-electron chi connectivity index (χ2n) is 7.84. The number of hydrogen-bond donors (Lipinski definition) is 1. The number of ether oxygens (including phenoxy) is 4. The molecule has 1 aliphatic carbocycles. The molecule has 0 aliphatic heterocycles. The highest BCUT2D eigenvalue weighted by Gasteiger charge is 2.31. The van der Waals surface area contributed by atoms with Crippen LogP contribution < -0.4 is 28.7 Å². The summed E-state index contributed by atoms with van der Waals surface area (Å²) < 4.78 is 49.8. The first-order valence-electron chi connectivity index (χ1n) is 11.1. The van der Waals surface area contributed by atoms with Crippen molar-refractivity contribution >= 4 is 27.3 Å². The van der Waals surface area contributed by atoms with Crippen LogP contribution in [0.15, 0.2) is 46.4 Å². The van der Waals surface area contributed by atoms with Gasteiger partial charge in [-0.3, -0.25) is 9.10 Å². The molecular formula is C24H31N3O7S. The molecule has 1 aliphatic rings. The van der Waals surface area contributed by atoms with E-state index >= 15 is 0 Å². The van der Waals surface area contributed by atoms with Gasteiger partial charge in [0.2, 0.25) is 0 Å². The highest BCUT2D eigenvalue weighted by atomic mass is 32.2. The van der Waals surface area contributed by atoms with Crippen molar-refractivity contribution in [1.82, 2.24) is 5.43 Å². The Morgan fingerprint density at radius 3 is 2.17 bits per heavy atom. The number of hydrogen-bond acceptors (Lipinski definition) is 8. The van der Waals surface area contributed by atoms with Gasteiger partial charge in [-0.15, -0.1) is 0 Å². The number of sulfonamides is 1. The Morgan fingerprint density at radius 2 is 1.54 bits per heavy atom. The highest BCUT2D eigenvalue weighted by molar-refractivity contribution is 7.92. The van der Waals surface area contributed by atoms with Gasteiger partial charge in [0, 0.05) is 17.8 Å². The van der Waals surface area contributed by atoms with Gasteiger partial charge in [0.05, 0.1) is 39.0 Å². The Hall–Kier alpha value is -3.47. The molecule has 0 heterocycles. The number of hydrazone groups is 1. The van der Waals surface area contributed by atoms with E-state index in [1.807, 2.05) is 0 Å². The summed E-state index contributed by atoms with van der Waals surface area (Å²) in [5.74, 6) is 0.673. The summed E-state index contributed by atoms with van der Waals surface area (Å²) in [5, 5.41) is 4.21. The largest absolute Gasteiger partial charge is 0.497 e. The quantitative estimate of drug-likeness (QED) is 0.492. The van der Waals surface area contributed by atoms with E-state index in [0.29, 0.717) is 11.5 Å². The Balaban J connectivity index is 2.03. The number of nitrogens with zero attached hydrogens (tertiary/aromatic N) is 2. The summed E-state index contributed by atoms with van der Waals surface area (Å²) >= 11 is 0. The van der Waals surface area contributed by atoms with Crippen LogP contribution >= 0.6 is 0 Å². The van der Waals surface area contributed by atoms with Gasteiger partial charge in [0.25, 0.3) is 15.9 Å². The molecule has 3 rings (SSSR count). The average molecular weight is 506 g/mol. The summed E-state index contributed by atoms with van der Waals surface area (Å²) in [6.45, 7) is -0.531. The number of nitrogens with one attached hydrogen (secondary N) is 1. The van der Waals surface area contributed by atoms with Crippen molar-refractivity contribution in [3.63, 3.8) is 0 Å². The molecular weight excluding hydrogens is 474 g/mol. The molecule has 0 spiro atoms. The van der Waals surface area contributed by atoms with Crippen LogP contribution in [0.5, 0.6) is 23.0 Å². The van der Waals surface area contributed by atoms with Gasteiger partial charge >= 0.3 is 0 Å². The molecule has 0 aromatic heterocycles. The molecule has 1 N–H and O–H groups in total. The van der Waals surface area contributed by atoms with Crippen molar-refractivity contribution in [1.29, 1.82) is 0 Å². The number of carbonyl (C=O) groups excluding carboxylic acids is 1. The molecule has 1 saturated carbocycles. The molecule has 190 valence electrons. The van der Waals surface area contributed by atoms with Crippen LogP contribution in [0.2, 0.25) is 0 Å². The van der Waals surface area contributed by atoms with Gasteiger partial charge in [-0.2, -0.15) is 5.10 Å². The molecule has 11 heteroatoms. The minimum Gasteiger partial charge on any atom is -0.497 e. The highest BCUT2D eigenvalue weighted by Crippen LogP contribution is 2.37. The van der Waals surface area contributed by atoms with Gasteiger partial charge < -0.3 is 18.9 Å². The lowest BCUT2D eigenvalue weighted by atomic mass is 9.99. The molecule has 0 radical (unpaired) electrons. The normalized spacial score (nSPS) is 13.5. The van der Waals surface area contributed by atoms with Crippen LogP contribution in [-0.4, -0.2) is 55.0 Å². The van der Waals surface area contributed by atoms with Crippen LogP contribution in [0.4, 0.5) is 5.69 Å². The summed E-state index contributed by atoms with van der Waals surface area (Å²) in [6, 6.07) is 8.92. The smallest absolute Gasteiger partial charge is 0.265 e. The van der Waals surface area contributed by atoms with Gasteiger partial charge in [-0.25, -0.2) is 13.8 Å². The first kappa shape index (κ1) is 26.1. The van der Waals surface area contributed by atoms with E-state index in [1.54, 1.807) is 12.1 Å². The third kappa shape index (κ3) is 6.16. The molecule has 1 amide bonds. The van der Waals surface area contributed by atoms with Crippen LogP contribution in [0, 0.1) is 0 Å². The maximum Gasteiger partial charge on any atom is 0.265 e. The number of methoxy groups -OCH3 is 4. The fraction of sp³-hybridized carbons (Fsp3) is 0.417. The maximum atomic E-state index is 13.8. The van der Waals surface area contributed by atoms with Crippen molar-refractivity contribution in [2.24, 2.45) is 5.10 Å². The fourth-order valence-electron chi connectivity index (χ4n) is 3.77. The zero-order valence-corrected chi connectivity index (χ0v) is 21.2. The number of rotatable bonds is 10. The third-order valence-electron chi connectivity index (χ3n) is 5.65. The average Bonchev–Trinajstić information content (AvgIpc) is 2.90. The SMILES string of the molecule is COc1ccc(OC)c(N(CC(=O)NN=C2CCCCC2)S(=O)(=O)c2ccc(OC)c(OC)c2)c1. The number of amides is 1. The third-order valence-corrected chi connectivity index (χ3v) is 7.41. The first-order chi connectivity index (χ1) is 16.8. The minimum atomic E-state index is -4.25. The van der Waals surface area contributed by atoms with Crippen molar-refractivity contribution in [3.8, 4) is 23.0 Å². The monoisotopic (exact) mass is 505 g/mol. The standard InChI is InChI=1S/C24H31N3O7S/c1-31-18-10-12-21(32-2)20(14-18)27(16-24(28)26-25-17-8-6-5-7-9-17)35(29,30)19-11-13-22(33-3)23(15-19)34-4/h10-15H,5-9,16H2,1-4H3,(H,26,28). The van der Waals surface area contributed by atoms with E-state index in [-0.39, 0.29) is 22.1 Å². The summed E-state index contributed by atoms with van der Waals surface area (Å²) in [6.07, 6.45) is 4.82. The van der Waals surface area contributed by atoms with Crippen LogP contribution in [-0.2, 0) is 14.8 Å². The molecule has 0 unspecified atom stereocenters. The fourth-order valence-corrected chi connectivity index (χ4v) is 5.21. The van der Waals surface area contributed by atoms with E-state index in [0.717, 1.165) is 42.1 Å². The molecule has 35 heavy (non-hydrogen) atoms. The van der Waals surface area contributed by atoms with Crippen molar-refractivity contribution in [2.45, 2.75) is 37.0 Å². The number of benzene rings is 2. The molecule has 1 fully saturated rings.